The number of rotatable bonds is 3. The van der Waals surface area contributed by atoms with Gasteiger partial charge >= 0.3 is 0 Å². The molecule has 8 aromatic rings. The molecule has 5 heteroatoms. The number of para-hydroxylation sites is 5. The van der Waals surface area contributed by atoms with Gasteiger partial charge in [-0.3, -0.25) is 0 Å². The van der Waals surface area contributed by atoms with E-state index in [1.807, 2.05) is 11.8 Å². The Morgan fingerprint density at radius 3 is 1.80 bits per heavy atom. The summed E-state index contributed by atoms with van der Waals surface area (Å²) in [6, 6.07) is 51.4. The van der Waals surface area contributed by atoms with Crippen molar-refractivity contribution < 1.29 is 0 Å². The zero-order valence-electron chi connectivity index (χ0n) is 24.9. The number of fused-ring (bicyclic) bond motifs is 10. The van der Waals surface area contributed by atoms with Crippen molar-refractivity contribution >= 4 is 66.7 Å². The fourth-order valence-corrected chi connectivity index (χ4v) is 9.35. The summed E-state index contributed by atoms with van der Waals surface area (Å²) >= 11 is 1.88. The SMILES string of the molecule is C1=CC(n2c3ccccc3c3ccc4c5ccccc5n(-c5ccccc5)c4c32)N2C1C2N1c2ccccc2Sc2ccccc21. The number of hydrogen-bond acceptors (Lipinski definition) is 3. The molecule has 2 aromatic heterocycles. The van der Waals surface area contributed by atoms with Gasteiger partial charge in [0.2, 0.25) is 0 Å². The Morgan fingerprint density at radius 2 is 1.07 bits per heavy atom. The number of nitrogens with zero attached hydrogens (tertiary/aromatic N) is 4. The van der Waals surface area contributed by atoms with E-state index in [4.69, 9.17) is 0 Å². The Kier molecular flexibility index (Phi) is 4.98. The molecule has 6 aromatic carbocycles. The van der Waals surface area contributed by atoms with Gasteiger partial charge in [-0.15, -0.1) is 0 Å². The Labute approximate surface area is 270 Å². The molecule has 4 nitrogen and oxygen atoms in total. The summed E-state index contributed by atoms with van der Waals surface area (Å²) in [5.41, 5.74) is 8.83. The van der Waals surface area contributed by atoms with Crippen LogP contribution in [0, 0.1) is 0 Å². The van der Waals surface area contributed by atoms with Crippen molar-refractivity contribution in [2.75, 3.05) is 4.90 Å². The van der Waals surface area contributed by atoms with Gasteiger partial charge in [0.25, 0.3) is 0 Å². The molecule has 4 atom stereocenters. The van der Waals surface area contributed by atoms with Crippen LogP contribution in [-0.4, -0.2) is 26.2 Å². The molecule has 46 heavy (non-hydrogen) atoms. The lowest BCUT2D eigenvalue weighted by Gasteiger charge is -2.34. The van der Waals surface area contributed by atoms with Crippen LogP contribution in [0.25, 0.3) is 49.3 Å². The highest BCUT2D eigenvalue weighted by Crippen LogP contribution is 2.56. The fourth-order valence-electron chi connectivity index (χ4n) is 8.27. The van der Waals surface area contributed by atoms with E-state index in [-0.39, 0.29) is 12.3 Å². The zero-order chi connectivity index (χ0) is 29.9. The molecule has 0 spiro atoms. The lowest BCUT2D eigenvalue weighted by molar-refractivity contribution is 0.361. The van der Waals surface area contributed by atoms with Gasteiger partial charge in [0.05, 0.1) is 39.5 Å². The monoisotopic (exact) mass is 608 g/mol. The number of aromatic nitrogens is 2. The molecule has 0 saturated carbocycles. The van der Waals surface area contributed by atoms with Gasteiger partial charge in [0.1, 0.15) is 12.3 Å². The van der Waals surface area contributed by atoms with Crippen molar-refractivity contribution in [2.24, 2.45) is 0 Å². The molecule has 0 N–H and O–H groups in total. The van der Waals surface area contributed by atoms with E-state index in [1.165, 1.54) is 70.5 Å². The topological polar surface area (TPSA) is 16.1 Å². The molecule has 11 rings (SSSR count). The molecule has 218 valence electrons. The van der Waals surface area contributed by atoms with Gasteiger partial charge in [0.15, 0.2) is 0 Å². The Bertz CT molecular complexity index is 2510. The van der Waals surface area contributed by atoms with Crippen molar-refractivity contribution in [3.05, 3.63) is 152 Å². The summed E-state index contributed by atoms with van der Waals surface area (Å²) in [6.07, 6.45) is 5.20. The van der Waals surface area contributed by atoms with Crippen molar-refractivity contribution in [3.8, 4) is 5.69 Å². The van der Waals surface area contributed by atoms with Crippen molar-refractivity contribution in [3.63, 3.8) is 0 Å². The third kappa shape index (κ3) is 3.23. The molecule has 5 heterocycles. The maximum absolute atomic E-state index is 2.68. The normalized spacial score (nSPS) is 21.3. The van der Waals surface area contributed by atoms with E-state index >= 15 is 0 Å². The van der Waals surface area contributed by atoms with Gasteiger partial charge in [-0.1, -0.05) is 109 Å². The third-order valence-electron chi connectivity index (χ3n) is 10.2. The summed E-state index contributed by atoms with van der Waals surface area (Å²) < 4.78 is 5.10. The van der Waals surface area contributed by atoms with Gasteiger partial charge in [-0.2, -0.15) is 0 Å². The van der Waals surface area contributed by atoms with Crippen molar-refractivity contribution in [2.45, 2.75) is 28.2 Å². The predicted molar refractivity (Wildman–Crippen MR) is 191 cm³/mol. The molecule has 3 aliphatic heterocycles. The van der Waals surface area contributed by atoms with Gasteiger partial charge < -0.3 is 14.0 Å². The van der Waals surface area contributed by atoms with Crippen molar-refractivity contribution in [1.29, 1.82) is 0 Å². The summed E-state index contributed by atoms with van der Waals surface area (Å²) in [5.74, 6) is 0. The highest BCUT2D eigenvalue weighted by atomic mass is 32.2. The lowest BCUT2D eigenvalue weighted by Crippen LogP contribution is -2.30. The quantitative estimate of drug-likeness (QED) is 0.147. The fraction of sp³-hybridized carbons (Fsp3) is 0.0732. The van der Waals surface area contributed by atoms with Crippen LogP contribution in [0.3, 0.4) is 0 Å². The second kappa shape index (κ2) is 9.16. The third-order valence-corrected chi connectivity index (χ3v) is 11.3. The van der Waals surface area contributed by atoms with Gasteiger partial charge in [-0.05, 0) is 54.6 Å². The van der Waals surface area contributed by atoms with Crippen LogP contribution in [0.15, 0.2) is 161 Å². The van der Waals surface area contributed by atoms with Crippen LogP contribution in [-0.2, 0) is 0 Å². The van der Waals surface area contributed by atoms with E-state index in [9.17, 15) is 0 Å². The number of benzene rings is 6. The average molecular weight is 609 g/mol. The predicted octanol–water partition coefficient (Wildman–Crippen LogP) is 10.3. The highest BCUT2D eigenvalue weighted by molar-refractivity contribution is 7.99. The minimum atomic E-state index is 0.0825. The molecular formula is C41H28N4S. The maximum Gasteiger partial charge on any atom is 0.109 e. The second-order valence-corrected chi connectivity index (χ2v) is 13.6. The first kappa shape index (κ1) is 25.0. The van der Waals surface area contributed by atoms with E-state index in [2.05, 4.69) is 171 Å². The van der Waals surface area contributed by atoms with E-state index in [0.29, 0.717) is 6.04 Å². The smallest absolute Gasteiger partial charge is 0.109 e. The molecule has 1 saturated heterocycles. The Balaban J connectivity index is 1.18. The summed E-state index contributed by atoms with van der Waals surface area (Å²) in [4.78, 5) is 7.91. The molecule has 0 aliphatic carbocycles. The van der Waals surface area contributed by atoms with Crippen LogP contribution in [0.1, 0.15) is 6.17 Å². The van der Waals surface area contributed by atoms with Crippen LogP contribution in [0.2, 0.25) is 0 Å². The molecule has 0 amide bonds. The van der Waals surface area contributed by atoms with Gasteiger partial charge in [0, 0.05) is 37.0 Å². The summed E-state index contributed by atoms with van der Waals surface area (Å²) in [7, 11) is 0. The average Bonchev–Trinajstić information content (AvgIpc) is 3.36. The summed E-state index contributed by atoms with van der Waals surface area (Å²) in [6.45, 7) is 0. The van der Waals surface area contributed by atoms with Crippen LogP contribution in [0.5, 0.6) is 0 Å². The minimum absolute atomic E-state index is 0.0825. The first-order chi connectivity index (χ1) is 22.9. The highest BCUT2D eigenvalue weighted by Gasteiger charge is 2.58. The molecule has 0 radical (unpaired) electrons. The van der Waals surface area contributed by atoms with Gasteiger partial charge in [-0.25, -0.2) is 4.90 Å². The molecule has 0 bridgehead atoms. The number of hydrogen-bond donors (Lipinski definition) is 0. The van der Waals surface area contributed by atoms with E-state index < -0.39 is 0 Å². The molecule has 1 fully saturated rings. The number of anilines is 2. The minimum Gasteiger partial charge on any atom is -0.321 e. The zero-order valence-corrected chi connectivity index (χ0v) is 25.7. The Hall–Kier alpha value is -5.23. The molecular weight excluding hydrogens is 581 g/mol. The maximum atomic E-state index is 2.68. The first-order valence-corrected chi connectivity index (χ1v) is 16.8. The lowest BCUT2D eigenvalue weighted by atomic mass is 10.1. The van der Waals surface area contributed by atoms with Crippen LogP contribution < -0.4 is 4.90 Å². The van der Waals surface area contributed by atoms with Crippen molar-refractivity contribution in [1.82, 2.24) is 14.0 Å². The molecule has 4 unspecified atom stereocenters. The summed E-state index contributed by atoms with van der Waals surface area (Å²) in [5, 5.41) is 5.16. The van der Waals surface area contributed by atoms with E-state index in [1.54, 1.807) is 0 Å². The van der Waals surface area contributed by atoms with Crippen LogP contribution >= 0.6 is 11.8 Å². The second-order valence-electron chi connectivity index (χ2n) is 12.5. The standard InChI is InChI=1S/C41H28N4S/c1-2-12-26(13-3-1)42-31-16-6-4-14-27(31)29-22-23-30-28-15-5-7-17-32(28)44(40(30)39(29)42)38-25-24-35-41(45(35)38)43-33-18-8-10-20-36(33)46-37-21-11-9-19-34(37)43/h1-25,35,38,41H. The first-order valence-electron chi connectivity index (χ1n) is 16.0. The van der Waals surface area contributed by atoms with E-state index in [0.717, 1.165) is 0 Å². The molecule has 3 aliphatic rings. The largest absolute Gasteiger partial charge is 0.321 e. The Morgan fingerprint density at radius 1 is 0.478 bits per heavy atom. The van der Waals surface area contributed by atoms with Crippen LogP contribution in [0.4, 0.5) is 11.4 Å².